The topological polar surface area (TPSA) is 68.5 Å². The molecule has 1 unspecified atom stereocenters. The van der Waals surface area contributed by atoms with Crippen molar-refractivity contribution >= 4 is 21.9 Å². The van der Waals surface area contributed by atoms with Gasteiger partial charge in [0.05, 0.1) is 34.8 Å². The summed E-state index contributed by atoms with van der Waals surface area (Å²) in [5.41, 5.74) is -0.270. The van der Waals surface area contributed by atoms with Gasteiger partial charge in [-0.05, 0) is 25.7 Å². The van der Waals surface area contributed by atoms with E-state index in [9.17, 15) is 4.79 Å². The molecule has 0 aromatic carbocycles. The number of ether oxygens (including phenoxy) is 3. The normalized spacial score (nSPS) is 44.7. The molecule has 0 radical (unpaired) electrons. The number of nitriles is 1. The molecule has 1 saturated carbocycles. The van der Waals surface area contributed by atoms with Crippen LogP contribution in [0.1, 0.15) is 45.4 Å². The molecule has 116 valence electrons. The smallest absolute Gasteiger partial charge is 0.303 e. The fourth-order valence-electron chi connectivity index (χ4n) is 3.94. The number of fused-ring (bicyclic) bond motifs is 1. The Morgan fingerprint density at radius 3 is 3.00 bits per heavy atom. The first-order chi connectivity index (χ1) is 10.0. The van der Waals surface area contributed by atoms with Crippen LogP contribution in [0.3, 0.4) is 0 Å². The van der Waals surface area contributed by atoms with Crippen molar-refractivity contribution in [1.82, 2.24) is 0 Å². The Labute approximate surface area is 133 Å². The predicted molar refractivity (Wildman–Crippen MR) is 77.8 cm³/mol. The number of nitrogens with zero attached hydrogens (tertiary/aromatic N) is 1. The van der Waals surface area contributed by atoms with Crippen LogP contribution in [0.5, 0.6) is 0 Å². The van der Waals surface area contributed by atoms with Gasteiger partial charge in [-0.1, -0.05) is 15.9 Å². The fourth-order valence-corrected chi connectivity index (χ4v) is 4.94. The average molecular weight is 358 g/mol. The third-order valence-electron chi connectivity index (χ3n) is 4.77. The lowest BCUT2D eigenvalue weighted by molar-refractivity contribution is -0.166. The first-order valence-corrected chi connectivity index (χ1v) is 8.47. The molecule has 1 spiro atoms. The molecule has 5 nitrogen and oxygen atoms in total. The number of rotatable bonds is 3. The number of carbonyl (C=O) groups excluding carboxylic acids is 1. The lowest BCUT2D eigenvalue weighted by Crippen LogP contribution is -2.53. The van der Waals surface area contributed by atoms with Crippen LogP contribution >= 0.6 is 15.9 Å². The van der Waals surface area contributed by atoms with Crippen LogP contribution in [0.2, 0.25) is 0 Å². The summed E-state index contributed by atoms with van der Waals surface area (Å²) in [7, 11) is 0. The maximum absolute atomic E-state index is 11.3. The highest BCUT2D eigenvalue weighted by Crippen LogP contribution is 2.51. The molecule has 0 aromatic heterocycles. The molecular weight excluding hydrogens is 338 g/mol. The zero-order valence-corrected chi connectivity index (χ0v) is 13.7. The van der Waals surface area contributed by atoms with E-state index >= 15 is 0 Å². The van der Waals surface area contributed by atoms with E-state index < -0.39 is 0 Å². The zero-order chi connectivity index (χ0) is 15.0. The van der Waals surface area contributed by atoms with Gasteiger partial charge in [0.15, 0.2) is 0 Å². The SMILES string of the molecule is CC(=O)O[C@@H]1[C@@H](Br)C[C@]23C[C@H]1O[C@H]2CCC(CCC#N)O3. The maximum Gasteiger partial charge on any atom is 0.303 e. The van der Waals surface area contributed by atoms with Crippen LogP contribution in [0.15, 0.2) is 0 Å². The number of alkyl halides is 1. The number of carbonyl (C=O) groups is 1. The van der Waals surface area contributed by atoms with Gasteiger partial charge in [0, 0.05) is 19.8 Å². The molecule has 2 bridgehead atoms. The maximum atomic E-state index is 11.3. The van der Waals surface area contributed by atoms with Gasteiger partial charge in [-0.15, -0.1) is 0 Å². The van der Waals surface area contributed by atoms with Crippen LogP contribution < -0.4 is 0 Å². The Morgan fingerprint density at radius 2 is 2.29 bits per heavy atom. The minimum atomic E-state index is -0.272. The van der Waals surface area contributed by atoms with Gasteiger partial charge < -0.3 is 14.2 Å². The molecule has 0 amide bonds. The molecule has 1 aliphatic carbocycles. The standard InChI is InChI=1S/C15H20BrNO4/c1-9(18)19-14-11(16)7-15-8-12(14)20-13(15)5-4-10(21-15)3-2-6-17/h10-14H,2-5,7-8H2,1H3/t10?,11-,12+,13-,14+,15-/m0/s1. The third-order valence-corrected chi connectivity index (χ3v) is 5.61. The summed E-state index contributed by atoms with van der Waals surface area (Å²) < 4.78 is 17.9. The number of hydrogen-bond donors (Lipinski definition) is 0. The first-order valence-electron chi connectivity index (χ1n) is 7.55. The van der Waals surface area contributed by atoms with E-state index in [0.717, 1.165) is 32.1 Å². The summed E-state index contributed by atoms with van der Waals surface area (Å²) in [5.74, 6) is -0.272. The van der Waals surface area contributed by atoms with Crippen molar-refractivity contribution in [1.29, 1.82) is 5.26 Å². The van der Waals surface area contributed by atoms with Gasteiger partial charge in [0.2, 0.25) is 0 Å². The van der Waals surface area contributed by atoms with E-state index in [-0.39, 0.29) is 40.8 Å². The molecular formula is C15H20BrNO4. The van der Waals surface area contributed by atoms with Gasteiger partial charge in [0.25, 0.3) is 0 Å². The molecule has 0 N–H and O–H groups in total. The predicted octanol–water partition coefficient (Wildman–Crippen LogP) is 2.46. The van der Waals surface area contributed by atoms with Crippen molar-refractivity contribution in [3.05, 3.63) is 0 Å². The van der Waals surface area contributed by atoms with Crippen molar-refractivity contribution in [3.63, 3.8) is 0 Å². The van der Waals surface area contributed by atoms with Crippen LogP contribution in [0.25, 0.3) is 0 Å². The van der Waals surface area contributed by atoms with Crippen molar-refractivity contribution in [2.75, 3.05) is 0 Å². The van der Waals surface area contributed by atoms with Crippen molar-refractivity contribution in [2.24, 2.45) is 0 Å². The molecule has 6 atom stereocenters. The van der Waals surface area contributed by atoms with E-state index in [0.29, 0.717) is 6.42 Å². The second kappa shape index (κ2) is 5.86. The molecule has 6 heteroatoms. The van der Waals surface area contributed by atoms with E-state index in [1.807, 2.05) is 0 Å². The Kier molecular flexibility index (Phi) is 4.26. The van der Waals surface area contributed by atoms with Gasteiger partial charge in [-0.3, -0.25) is 4.79 Å². The zero-order valence-electron chi connectivity index (χ0n) is 12.1. The minimum Gasteiger partial charge on any atom is -0.459 e. The van der Waals surface area contributed by atoms with Crippen molar-refractivity contribution in [2.45, 2.75) is 80.3 Å². The van der Waals surface area contributed by atoms with Gasteiger partial charge in [-0.2, -0.15) is 5.26 Å². The summed E-state index contributed by atoms with van der Waals surface area (Å²) in [5, 5.41) is 8.73. The molecule has 2 saturated heterocycles. The van der Waals surface area contributed by atoms with E-state index in [4.69, 9.17) is 19.5 Å². The highest BCUT2D eigenvalue weighted by Gasteiger charge is 2.60. The van der Waals surface area contributed by atoms with Crippen LogP contribution in [0, 0.1) is 11.3 Å². The fraction of sp³-hybridized carbons (Fsp3) is 0.867. The largest absolute Gasteiger partial charge is 0.459 e. The Hall–Kier alpha value is -0.640. The van der Waals surface area contributed by atoms with Gasteiger partial charge in [-0.25, -0.2) is 0 Å². The van der Waals surface area contributed by atoms with Crippen LogP contribution in [-0.4, -0.2) is 40.8 Å². The van der Waals surface area contributed by atoms with E-state index in [1.165, 1.54) is 6.92 Å². The molecule has 2 heterocycles. The van der Waals surface area contributed by atoms with E-state index in [1.54, 1.807) is 0 Å². The summed E-state index contributed by atoms with van der Waals surface area (Å²) >= 11 is 3.64. The average Bonchev–Trinajstić information content (AvgIpc) is 2.74. The van der Waals surface area contributed by atoms with Crippen molar-refractivity contribution in [3.8, 4) is 6.07 Å². The summed E-state index contributed by atoms with van der Waals surface area (Å²) in [4.78, 5) is 11.3. The summed E-state index contributed by atoms with van der Waals surface area (Å²) in [6, 6.07) is 2.19. The molecule has 0 aromatic rings. The molecule has 3 rings (SSSR count). The molecule has 3 aliphatic rings. The summed E-state index contributed by atoms with van der Waals surface area (Å²) in [6.45, 7) is 1.43. The Morgan fingerprint density at radius 1 is 1.48 bits per heavy atom. The quantitative estimate of drug-likeness (QED) is 0.573. The van der Waals surface area contributed by atoms with Crippen LogP contribution in [-0.2, 0) is 19.0 Å². The second-order valence-corrected chi connectivity index (χ2v) is 7.42. The highest BCUT2D eigenvalue weighted by atomic mass is 79.9. The monoisotopic (exact) mass is 357 g/mol. The third kappa shape index (κ3) is 2.84. The number of esters is 1. The lowest BCUT2D eigenvalue weighted by Gasteiger charge is -2.45. The van der Waals surface area contributed by atoms with Crippen LogP contribution in [0.4, 0.5) is 0 Å². The summed E-state index contributed by atoms with van der Waals surface area (Å²) in [6.07, 6.45) is 4.68. The highest BCUT2D eigenvalue weighted by molar-refractivity contribution is 9.09. The van der Waals surface area contributed by atoms with E-state index in [2.05, 4.69) is 22.0 Å². The van der Waals surface area contributed by atoms with Crippen molar-refractivity contribution < 1.29 is 19.0 Å². The Balaban J connectivity index is 1.72. The first kappa shape index (κ1) is 15.3. The molecule has 21 heavy (non-hydrogen) atoms. The lowest BCUT2D eigenvalue weighted by atomic mass is 9.77. The molecule has 3 fully saturated rings. The van der Waals surface area contributed by atoms with Gasteiger partial charge >= 0.3 is 5.97 Å². The molecule has 2 aliphatic heterocycles. The van der Waals surface area contributed by atoms with Gasteiger partial charge in [0.1, 0.15) is 6.10 Å². The minimum absolute atomic E-state index is 0.0554. The second-order valence-electron chi connectivity index (χ2n) is 6.24. The Bertz CT molecular complexity index is 465. The number of hydrogen-bond acceptors (Lipinski definition) is 5. The number of halogens is 1.